The lowest BCUT2D eigenvalue weighted by Crippen LogP contribution is -2.50. The molecule has 136 valence electrons. The maximum Gasteiger partial charge on any atom is 0.125 e. The SMILES string of the molecule is CC(C)CC(c1ccccn1)C1CN(S(=O)C2=CN(C)C=CC2C)C1. The van der Waals surface area contributed by atoms with Crippen LogP contribution >= 0.6 is 0 Å². The summed E-state index contributed by atoms with van der Waals surface area (Å²) in [5.74, 6) is 1.86. The van der Waals surface area contributed by atoms with E-state index in [9.17, 15) is 4.21 Å². The van der Waals surface area contributed by atoms with E-state index in [2.05, 4.69) is 48.3 Å². The van der Waals surface area contributed by atoms with Crippen LogP contribution in [0.5, 0.6) is 0 Å². The summed E-state index contributed by atoms with van der Waals surface area (Å²) in [6.07, 6.45) is 9.17. The lowest BCUT2D eigenvalue weighted by Gasteiger charge is -2.43. The number of nitrogens with zero attached hydrogens (tertiary/aromatic N) is 3. The molecule has 0 N–H and O–H groups in total. The van der Waals surface area contributed by atoms with Gasteiger partial charge in [0, 0.05) is 50.1 Å². The molecule has 1 saturated heterocycles. The van der Waals surface area contributed by atoms with Gasteiger partial charge in [0.2, 0.25) is 0 Å². The smallest absolute Gasteiger partial charge is 0.125 e. The van der Waals surface area contributed by atoms with E-state index in [1.54, 1.807) is 0 Å². The predicted octanol–water partition coefficient (Wildman–Crippen LogP) is 3.74. The second-order valence-electron chi connectivity index (χ2n) is 7.67. The molecule has 25 heavy (non-hydrogen) atoms. The molecule has 2 aliphatic rings. The Hall–Kier alpha value is -1.46. The van der Waals surface area contributed by atoms with Gasteiger partial charge < -0.3 is 4.90 Å². The van der Waals surface area contributed by atoms with Crippen LogP contribution in [0.2, 0.25) is 0 Å². The second kappa shape index (κ2) is 7.83. The zero-order valence-corrected chi connectivity index (χ0v) is 16.4. The molecular formula is C20H29N3OS. The Labute approximate surface area is 154 Å². The highest BCUT2D eigenvalue weighted by atomic mass is 32.2. The van der Waals surface area contributed by atoms with E-state index in [0.29, 0.717) is 17.8 Å². The molecule has 4 nitrogen and oxygen atoms in total. The largest absolute Gasteiger partial charge is 0.357 e. The highest BCUT2D eigenvalue weighted by Gasteiger charge is 2.39. The summed E-state index contributed by atoms with van der Waals surface area (Å²) in [5.41, 5.74) is 1.18. The van der Waals surface area contributed by atoms with Crippen LogP contribution < -0.4 is 0 Å². The molecule has 0 saturated carbocycles. The molecule has 0 bridgehead atoms. The lowest BCUT2D eigenvalue weighted by molar-refractivity contribution is 0.163. The van der Waals surface area contributed by atoms with Gasteiger partial charge in [0.1, 0.15) is 11.0 Å². The third-order valence-corrected chi connectivity index (χ3v) is 6.71. The summed E-state index contributed by atoms with van der Waals surface area (Å²) in [5, 5.41) is 0. The summed E-state index contributed by atoms with van der Waals surface area (Å²) >= 11 is 0. The quantitative estimate of drug-likeness (QED) is 0.776. The normalized spacial score (nSPS) is 24.1. The van der Waals surface area contributed by atoms with E-state index >= 15 is 0 Å². The van der Waals surface area contributed by atoms with Gasteiger partial charge in [-0.25, -0.2) is 8.51 Å². The Balaban J connectivity index is 1.66. The molecule has 3 rings (SSSR count). The molecular weight excluding hydrogens is 330 g/mol. The van der Waals surface area contributed by atoms with Crippen molar-refractivity contribution in [3.63, 3.8) is 0 Å². The van der Waals surface area contributed by atoms with Crippen molar-refractivity contribution in [3.05, 3.63) is 53.5 Å². The molecule has 3 atom stereocenters. The molecule has 1 aromatic heterocycles. The standard InChI is InChI=1S/C20H29N3OS/c1-15(2)11-18(19-7-5-6-9-21-19)17-12-23(13-17)25(24)20-14-22(4)10-8-16(20)3/h5-10,14-18H,11-13H2,1-4H3. The fourth-order valence-corrected chi connectivity index (χ4v) is 5.20. The summed E-state index contributed by atoms with van der Waals surface area (Å²) in [4.78, 5) is 7.58. The molecule has 0 spiro atoms. The fourth-order valence-electron chi connectivity index (χ4n) is 3.59. The zero-order valence-electron chi connectivity index (χ0n) is 15.6. The molecule has 0 aliphatic carbocycles. The third kappa shape index (κ3) is 4.21. The van der Waals surface area contributed by atoms with E-state index in [-0.39, 0.29) is 5.92 Å². The summed E-state index contributed by atoms with van der Waals surface area (Å²) < 4.78 is 15.1. The van der Waals surface area contributed by atoms with Crippen molar-refractivity contribution in [1.29, 1.82) is 0 Å². The second-order valence-corrected chi connectivity index (χ2v) is 9.16. The zero-order chi connectivity index (χ0) is 18.0. The lowest BCUT2D eigenvalue weighted by atomic mass is 9.79. The van der Waals surface area contributed by atoms with Gasteiger partial charge in [0.05, 0.1) is 4.91 Å². The molecule has 5 heteroatoms. The highest BCUT2D eigenvalue weighted by molar-refractivity contribution is 7.86. The Morgan fingerprint density at radius 3 is 2.72 bits per heavy atom. The number of pyridine rings is 1. The van der Waals surface area contributed by atoms with E-state index in [0.717, 1.165) is 24.4 Å². The molecule has 2 aliphatic heterocycles. The minimum Gasteiger partial charge on any atom is -0.357 e. The van der Waals surface area contributed by atoms with Crippen molar-refractivity contribution in [2.75, 3.05) is 20.1 Å². The molecule has 0 aromatic carbocycles. The maximum atomic E-state index is 13.0. The molecule has 1 fully saturated rings. The van der Waals surface area contributed by atoms with E-state index in [4.69, 9.17) is 0 Å². The number of aromatic nitrogens is 1. The van der Waals surface area contributed by atoms with Crippen molar-refractivity contribution in [1.82, 2.24) is 14.2 Å². The van der Waals surface area contributed by atoms with E-state index in [1.807, 2.05) is 36.6 Å². The van der Waals surface area contributed by atoms with Gasteiger partial charge in [-0.15, -0.1) is 0 Å². The topological polar surface area (TPSA) is 36.4 Å². The van der Waals surface area contributed by atoms with Gasteiger partial charge >= 0.3 is 0 Å². The monoisotopic (exact) mass is 359 g/mol. The van der Waals surface area contributed by atoms with E-state index < -0.39 is 11.0 Å². The van der Waals surface area contributed by atoms with Crippen molar-refractivity contribution in [2.45, 2.75) is 33.1 Å². The van der Waals surface area contributed by atoms with Gasteiger partial charge in [0.15, 0.2) is 0 Å². The predicted molar refractivity (Wildman–Crippen MR) is 104 cm³/mol. The summed E-state index contributed by atoms with van der Waals surface area (Å²) in [6, 6.07) is 6.18. The van der Waals surface area contributed by atoms with Crippen LogP contribution in [0.25, 0.3) is 0 Å². The molecule has 0 radical (unpaired) electrons. The first-order chi connectivity index (χ1) is 12.0. The Morgan fingerprint density at radius 1 is 1.32 bits per heavy atom. The Morgan fingerprint density at radius 2 is 2.08 bits per heavy atom. The van der Waals surface area contributed by atoms with Gasteiger partial charge in [-0.05, 0) is 36.6 Å². The summed E-state index contributed by atoms with van der Waals surface area (Å²) in [7, 11) is 0.944. The van der Waals surface area contributed by atoms with Crippen LogP contribution in [-0.4, -0.2) is 38.5 Å². The first-order valence-electron chi connectivity index (χ1n) is 9.15. The molecule has 1 aromatic rings. The van der Waals surface area contributed by atoms with Crippen molar-refractivity contribution in [3.8, 4) is 0 Å². The third-order valence-electron chi connectivity index (χ3n) is 5.06. The van der Waals surface area contributed by atoms with E-state index in [1.165, 1.54) is 5.69 Å². The van der Waals surface area contributed by atoms with Crippen molar-refractivity contribution in [2.24, 2.45) is 17.8 Å². The van der Waals surface area contributed by atoms with Gasteiger partial charge in [-0.3, -0.25) is 4.98 Å². The molecule has 3 heterocycles. The molecule has 3 unspecified atom stereocenters. The van der Waals surface area contributed by atoms with Crippen LogP contribution in [0.1, 0.15) is 38.8 Å². The van der Waals surface area contributed by atoms with Gasteiger partial charge in [-0.1, -0.05) is 32.9 Å². The maximum absolute atomic E-state index is 13.0. The summed E-state index contributed by atoms with van der Waals surface area (Å²) in [6.45, 7) is 8.42. The Bertz CT molecular complexity index is 665. The average Bonchev–Trinajstić information content (AvgIpc) is 2.55. The van der Waals surface area contributed by atoms with Crippen LogP contribution in [0.4, 0.5) is 0 Å². The van der Waals surface area contributed by atoms with Crippen LogP contribution in [0.15, 0.2) is 47.8 Å². The van der Waals surface area contributed by atoms with Gasteiger partial charge in [-0.2, -0.15) is 0 Å². The number of hydrogen-bond donors (Lipinski definition) is 0. The van der Waals surface area contributed by atoms with Gasteiger partial charge in [0.25, 0.3) is 0 Å². The van der Waals surface area contributed by atoms with Crippen LogP contribution in [0, 0.1) is 17.8 Å². The van der Waals surface area contributed by atoms with Crippen molar-refractivity contribution >= 4 is 11.0 Å². The first-order valence-corrected chi connectivity index (χ1v) is 10.3. The van der Waals surface area contributed by atoms with Crippen molar-refractivity contribution < 1.29 is 4.21 Å². The highest BCUT2D eigenvalue weighted by Crippen LogP contribution is 2.38. The van der Waals surface area contributed by atoms with Crippen LogP contribution in [-0.2, 0) is 11.0 Å². The molecule has 0 amide bonds. The first kappa shape index (κ1) is 18.3. The fraction of sp³-hybridized carbons (Fsp3) is 0.550. The minimum absolute atomic E-state index is 0.235. The number of hydrogen-bond acceptors (Lipinski definition) is 3. The Kier molecular flexibility index (Phi) is 5.74. The average molecular weight is 360 g/mol. The number of allylic oxidation sites excluding steroid dienone is 2. The number of rotatable bonds is 6. The minimum atomic E-state index is -1.04. The van der Waals surface area contributed by atoms with Crippen LogP contribution in [0.3, 0.4) is 0 Å².